The summed E-state index contributed by atoms with van der Waals surface area (Å²) in [5.41, 5.74) is 5.70. The summed E-state index contributed by atoms with van der Waals surface area (Å²) in [6.07, 6.45) is 0.912. The highest BCUT2D eigenvalue weighted by Gasteiger charge is 2.01. The average molecular weight is 318 g/mol. The Bertz CT molecular complexity index is 783. The van der Waals surface area contributed by atoms with Crippen molar-refractivity contribution in [1.82, 2.24) is 0 Å². The van der Waals surface area contributed by atoms with Gasteiger partial charge in [0.1, 0.15) is 5.75 Å². The third kappa shape index (κ3) is 4.29. The van der Waals surface area contributed by atoms with Crippen molar-refractivity contribution >= 4 is 17.1 Å². The van der Waals surface area contributed by atoms with Crippen molar-refractivity contribution in [1.29, 1.82) is 0 Å². The molecule has 0 aromatic heterocycles. The summed E-state index contributed by atoms with van der Waals surface area (Å²) in [5.74, 6) is 0.307. The number of aromatic hydroxyl groups is 1. The predicted molar refractivity (Wildman–Crippen MR) is 101 cm³/mol. The molecule has 0 aliphatic heterocycles. The molecule has 0 fully saturated rings. The maximum Gasteiger partial charge on any atom is 0.115 e. The van der Waals surface area contributed by atoms with Crippen molar-refractivity contribution in [2.75, 3.05) is 17.2 Å². The van der Waals surface area contributed by atoms with Gasteiger partial charge in [-0.25, -0.2) is 0 Å². The largest absolute Gasteiger partial charge is 0.508 e. The minimum Gasteiger partial charge on any atom is -0.508 e. The van der Waals surface area contributed by atoms with Crippen LogP contribution < -0.4 is 10.6 Å². The lowest BCUT2D eigenvalue weighted by Crippen LogP contribution is -2.05. The van der Waals surface area contributed by atoms with Crippen molar-refractivity contribution in [3.63, 3.8) is 0 Å². The van der Waals surface area contributed by atoms with Crippen molar-refractivity contribution in [2.24, 2.45) is 0 Å². The van der Waals surface area contributed by atoms with Gasteiger partial charge in [-0.1, -0.05) is 36.4 Å². The second kappa shape index (κ2) is 7.55. The number of benzene rings is 3. The highest BCUT2D eigenvalue weighted by Crippen LogP contribution is 2.24. The van der Waals surface area contributed by atoms with E-state index in [9.17, 15) is 5.11 Å². The summed E-state index contributed by atoms with van der Waals surface area (Å²) >= 11 is 0. The van der Waals surface area contributed by atoms with E-state index in [0.717, 1.165) is 30.0 Å². The molecule has 0 spiro atoms. The molecule has 3 nitrogen and oxygen atoms in total. The Balaban J connectivity index is 1.62. The van der Waals surface area contributed by atoms with Crippen LogP contribution in [0.3, 0.4) is 0 Å². The Hall–Kier alpha value is -2.94. The van der Waals surface area contributed by atoms with Gasteiger partial charge in [0.25, 0.3) is 0 Å². The molecule has 0 heterocycles. The monoisotopic (exact) mass is 318 g/mol. The van der Waals surface area contributed by atoms with Gasteiger partial charge in [-0.3, -0.25) is 0 Å². The number of hydrogen-bond donors (Lipinski definition) is 3. The van der Waals surface area contributed by atoms with Crippen molar-refractivity contribution in [2.45, 2.75) is 13.3 Å². The van der Waals surface area contributed by atoms with Gasteiger partial charge in [0.2, 0.25) is 0 Å². The van der Waals surface area contributed by atoms with Gasteiger partial charge in [-0.05, 0) is 60.9 Å². The first kappa shape index (κ1) is 15.9. The second-order valence-corrected chi connectivity index (χ2v) is 5.86. The molecule has 0 amide bonds. The lowest BCUT2D eigenvalue weighted by molar-refractivity contribution is 0.475. The molecule has 0 saturated carbocycles. The first-order chi connectivity index (χ1) is 11.7. The van der Waals surface area contributed by atoms with Crippen LogP contribution in [0.1, 0.15) is 11.1 Å². The van der Waals surface area contributed by atoms with Crippen LogP contribution in [0.2, 0.25) is 0 Å². The van der Waals surface area contributed by atoms with Crippen LogP contribution >= 0.6 is 0 Å². The standard InChI is InChI=1S/C21H22N2O/c1-16-7-10-19(15-21(16)23-18-5-3-2-4-6-18)22-14-13-17-8-11-20(24)12-9-17/h2-12,15,22-24H,13-14H2,1H3. The zero-order valence-electron chi connectivity index (χ0n) is 13.8. The van der Waals surface area contributed by atoms with Gasteiger partial charge in [0, 0.05) is 23.6 Å². The Kier molecular flexibility index (Phi) is 5.02. The molecular formula is C21H22N2O. The van der Waals surface area contributed by atoms with Crippen LogP contribution in [0, 0.1) is 6.92 Å². The number of phenolic OH excluding ortho intramolecular Hbond substituents is 1. The third-order valence-corrected chi connectivity index (χ3v) is 3.97. The molecule has 3 aromatic rings. The molecule has 3 aromatic carbocycles. The highest BCUT2D eigenvalue weighted by atomic mass is 16.3. The Labute approximate surface area is 143 Å². The van der Waals surface area contributed by atoms with Gasteiger partial charge >= 0.3 is 0 Å². The minimum absolute atomic E-state index is 0.307. The van der Waals surface area contributed by atoms with Crippen LogP contribution in [0.25, 0.3) is 0 Å². The Morgan fingerprint density at radius 2 is 1.58 bits per heavy atom. The number of nitrogens with one attached hydrogen (secondary N) is 2. The van der Waals surface area contributed by atoms with E-state index in [1.54, 1.807) is 12.1 Å². The normalized spacial score (nSPS) is 10.4. The molecule has 0 bridgehead atoms. The van der Waals surface area contributed by atoms with E-state index in [0.29, 0.717) is 5.75 Å². The highest BCUT2D eigenvalue weighted by molar-refractivity contribution is 5.67. The van der Waals surface area contributed by atoms with Crippen molar-refractivity contribution in [3.8, 4) is 5.75 Å². The van der Waals surface area contributed by atoms with Gasteiger partial charge < -0.3 is 15.7 Å². The van der Waals surface area contributed by atoms with Crippen LogP contribution in [-0.2, 0) is 6.42 Å². The zero-order chi connectivity index (χ0) is 16.8. The first-order valence-corrected chi connectivity index (χ1v) is 8.15. The molecule has 0 unspecified atom stereocenters. The quantitative estimate of drug-likeness (QED) is 0.592. The molecule has 3 N–H and O–H groups in total. The molecule has 24 heavy (non-hydrogen) atoms. The van der Waals surface area contributed by atoms with E-state index in [-0.39, 0.29) is 0 Å². The van der Waals surface area contributed by atoms with Crippen molar-refractivity contribution in [3.05, 3.63) is 83.9 Å². The number of anilines is 3. The average Bonchev–Trinajstić information content (AvgIpc) is 2.60. The first-order valence-electron chi connectivity index (χ1n) is 8.15. The van der Waals surface area contributed by atoms with E-state index < -0.39 is 0 Å². The van der Waals surface area contributed by atoms with Crippen LogP contribution in [0.5, 0.6) is 5.75 Å². The Morgan fingerprint density at radius 1 is 0.833 bits per heavy atom. The van der Waals surface area contributed by atoms with E-state index in [4.69, 9.17) is 0 Å². The molecule has 0 aliphatic rings. The molecule has 3 rings (SSSR count). The number of para-hydroxylation sites is 1. The number of phenols is 1. The number of rotatable bonds is 6. The second-order valence-electron chi connectivity index (χ2n) is 5.86. The van der Waals surface area contributed by atoms with Gasteiger partial charge in [-0.15, -0.1) is 0 Å². The van der Waals surface area contributed by atoms with Crippen LogP contribution in [0.15, 0.2) is 72.8 Å². The smallest absolute Gasteiger partial charge is 0.115 e. The number of aryl methyl sites for hydroxylation is 1. The Morgan fingerprint density at radius 3 is 2.33 bits per heavy atom. The fourth-order valence-electron chi connectivity index (χ4n) is 2.56. The van der Waals surface area contributed by atoms with Gasteiger partial charge in [-0.2, -0.15) is 0 Å². The van der Waals surface area contributed by atoms with Crippen molar-refractivity contribution < 1.29 is 5.11 Å². The molecule has 0 aliphatic carbocycles. The molecular weight excluding hydrogens is 296 g/mol. The minimum atomic E-state index is 0.307. The predicted octanol–water partition coefficient (Wildman–Crippen LogP) is 5.10. The van der Waals surface area contributed by atoms with E-state index >= 15 is 0 Å². The molecule has 122 valence electrons. The molecule has 0 saturated heterocycles. The molecule has 0 atom stereocenters. The zero-order valence-corrected chi connectivity index (χ0v) is 13.8. The maximum atomic E-state index is 9.32. The lowest BCUT2D eigenvalue weighted by Gasteiger charge is -2.13. The molecule has 3 heteroatoms. The summed E-state index contributed by atoms with van der Waals surface area (Å²) in [7, 11) is 0. The topological polar surface area (TPSA) is 44.3 Å². The fourth-order valence-corrected chi connectivity index (χ4v) is 2.56. The third-order valence-electron chi connectivity index (χ3n) is 3.97. The summed E-state index contributed by atoms with van der Waals surface area (Å²) in [6.45, 7) is 2.95. The fraction of sp³-hybridized carbons (Fsp3) is 0.143. The summed E-state index contributed by atoms with van der Waals surface area (Å²) in [6, 6.07) is 23.9. The van der Waals surface area contributed by atoms with Crippen LogP contribution in [0.4, 0.5) is 17.1 Å². The number of hydrogen-bond acceptors (Lipinski definition) is 3. The molecule has 0 radical (unpaired) electrons. The summed E-state index contributed by atoms with van der Waals surface area (Å²) in [5, 5.41) is 16.2. The van der Waals surface area contributed by atoms with E-state index in [1.165, 1.54) is 11.1 Å². The summed E-state index contributed by atoms with van der Waals surface area (Å²) < 4.78 is 0. The van der Waals surface area contributed by atoms with Gasteiger partial charge in [0.05, 0.1) is 0 Å². The van der Waals surface area contributed by atoms with Crippen LogP contribution in [-0.4, -0.2) is 11.7 Å². The van der Waals surface area contributed by atoms with E-state index in [1.807, 2.05) is 30.3 Å². The van der Waals surface area contributed by atoms with E-state index in [2.05, 4.69) is 47.9 Å². The SMILES string of the molecule is Cc1ccc(NCCc2ccc(O)cc2)cc1Nc1ccccc1. The summed E-state index contributed by atoms with van der Waals surface area (Å²) in [4.78, 5) is 0. The van der Waals surface area contributed by atoms with Gasteiger partial charge in [0.15, 0.2) is 0 Å². The maximum absolute atomic E-state index is 9.32. The lowest BCUT2D eigenvalue weighted by atomic mass is 10.1.